The molecule has 2 rings (SSSR count). The molecule has 0 saturated carbocycles. The number of rotatable bonds is 7. The Hall–Kier alpha value is -1.46. The first kappa shape index (κ1) is 15.9. The summed E-state index contributed by atoms with van der Waals surface area (Å²) in [7, 11) is 0. The van der Waals surface area contributed by atoms with Crippen LogP contribution in [0.1, 0.15) is 31.7 Å². The third-order valence-corrected chi connectivity index (χ3v) is 3.58. The Kier molecular flexibility index (Phi) is 5.70. The van der Waals surface area contributed by atoms with E-state index in [2.05, 4.69) is 5.32 Å². The zero-order valence-corrected chi connectivity index (χ0v) is 12.4. The molecule has 0 unspecified atom stereocenters. The molecule has 0 aliphatic carbocycles. The predicted molar refractivity (Wildman–Crippen MR) is 77.3 cm³/mol. The summed E-state index contributed by atoms with van der Waals surface area (Å²) in [6.07, 6.45) is 2.64. The van der Waals surface area contributed by atoms with Crippen molar-refractivity contribution in [2.45, 2.75) is 38.4 Å². The van der Waals surface area contributed by atoms with Gasteiger partial charge in [0.15, 0.2) is 5.79 Å². The molecule has 1 aromatic rings. The number of hydrogen-bond donors (Lipinski definition) is 1. The minimum atomic E-state index is -0.554. The molecule has 5 heteroatoms. The first-order valence-electron chi connectivity index (χ1n) is 7.36. The van der Waals surface area contributed by atoms with E-state index in [1.54, 1.807) is 12.1 Å². The van der Waals surface area contributed by atoms with E-state index in [1.165, 1.54) is 12.1 Å². The summed E-state index contributed by atoms with van der Waals surface area (Å²) < 4.78 is 23.7. The SMILES string of the molecule is CC1(CCNC(=O)CCCc2ccc(F)cc2)OCCO1. The van der Waals surface area contributed by atoms with Gasteiger partial charge in [-0.2, -0.15) is 0 Å². The summed E-state index contributed by atoms with van der Waals surface area (Å²) in [4.78, 5) is 11.7. The number of halogens is 1. The second-order valence-corrected chi connectivity index (χ2v) is 5.41. The smallest absolute Gasteiger partial charge is 0.220 e. The highest BCUT2D eigenvalue weighted by atomic mass is 19.1. The topological polar surface area (TPSA) is 47.6 Å². The molecule has 116 valence electrons. The fourth-order valence-electron chi connectivity index (χ4n) is 2.32. The number of nitrogens with one attached hydrogen (secondary N) is 1. The lowest BCUT2D eigenvalue weighted by Crippen LogP contribution is -2.33. The van der Waals surface area contributed by atoms with E-state index in [0.717, 1.165) is 18.4 Å². The van der Waals surface area contributed by atoms with Crippen molar-refractivity contribution in [3.8, 4) is 0 Å². The van der Waals surface area contributed by atoms with Gasteiger partial charge in [-0.05, 0) is 37.5 Å². The fraction of sp³-hybridized carbons (Fsp3) is 0.562. The Bertz CT molecular complexity index is 455. The minimum absolute atomic E-state index is 0.0266. The van der Waals surface area contributed by atoms with E-state index >= 15 is 0 Å². The van der Waals surface area contributed by atoms with E-state index in [0.29, 0.717) is 32.6 Å². The van der Waals surface area contributed by atoms with Crippen LogP contribution >= 0.6 is 0 Å². The molecule has 1 aliphatic rings. The monoisotopic (exact) mass is 295 g/mol. The Morgan fingerprint density at radius 3 is 2.62 bits per heavy atom. The van der Waals surface area contributed by atoms with E-state index in [9.17, 15) is 9.18 Å². The molecular weight excluding hydrogens is 273 g/mol. The molecule has 1 saturated heterocycles. The van der Waals surface area contributed by atoms with Gasteiger partial charge >= 0.3 is 0 Å². The summed E-state index contributed by atoms with van der Waals surface area (Å²) in [6.45, 7) is 3.66. The number of carbonyl (C=O) groups is 1. The van der Waals surface area contributed by atoms with Crippen molar-refractivity contribution in [1.29, 1.82) is 0 Å². The van der Waals surface area contributed by atoms with Crippen LogP contribution in [0.15, 0.2) is 24.3 Å². The van der Waals surface area contributed by atoms with Crippen molar-refractivity contribution in [2.75, 3.05) is 19.8 Å². The van der Waals surface area contributed by atoms with Crippen LogP contribution in [0, 0.1) is 5.82 Å². The van der Waals surface area contributed by atoms with Crippen LogP contribution in [0.25, 0.3) is 0 Å². The quantitative estimate of drug-likeness (QED) is 0.840. The van der Waals surface area contributed by atoms with Gasteiger partial charge < -0.3 is 14.8 Å². The molecule has 1 heterocycles. The van der Waals surface area contributed by atoms with Crippen molar-refractivity contribution in [1.82, 2.24) is 5.32 Å². The van der Waals surface area contributed by atoms with E-state index in [1.807, 2.05) is 6.92 Å². The number of hydrogen-bond acceptors (Lipinski definition) is 3. The van der Waals surface area contributed by atoms with Crippen LogP contribution in [0.2, 0.25) is 0 Å². The summed E-state index contributed by atoms with van der Waals surface area (Å²) in [6, 6.07) is 6.39. The van der Waals surface area contributed by atoms with Gasteiger partial charge in [0.2, 0.25) is 5.91 Å². The zero-order valence-electron chi connectivity index (χ0n) is 12.4. The molecule has 0 spiro atoms. The maximum Gasteiger partial charge on any atom is 0.220 e. The standard InChI is InChI=1S/C16H22FNO3/c1-16(20-11-12-21-16)9-10-18-15(19)4-2-3-13-5-7-14(17)8-6-13/h5-8H,2-4,9-12H2,1H3,(H,18,19). The van der Waals surface area contributed by atoms with Crippen molar-refractivity contribution in [3.63, 3.8) is 0 Å². The highest BCUT2D eigenvalue weighted by Gasteiger charge is 2.30. The Morgan fingerprint density at radius 1 is 1.29 bits per heavy atom. The molecule has 21 heavy (non-hydrogen) atoms. The van der Waals surface area contributed by atoms with Gasteiger partial charge in [-0.3, -0.25) is 4.79 Å². The van der Waals surface area contributed by atoms with E-state index < -0.39 is 5.79 Å². The predicted octanol–water partition coefficient (Wildman–Crippen LogP) is 2.42. The van der Waals surface area contributed by atoms with Gasteiger partial charge in [0.05, 0.1) is 13.2 Å². The fourth-order valence-corrected chi connectivity index (χ4v) is 2.32. The summed E-state index contributed by atoms with van der Waals surface area (Å²) in [5.74, 6) is -0.762. The van der Waals surface area contributed by atoms with Crippen molar-refractivity contribution >= 4 is 5.91 Å². The second kappa shape index (κ2) is 7.52. The largest absolute Gasteiger partial charge is 0.356 e. The summed E-state index contributed by atoms with van der Waals surface area (Å²) >= 11 is 0. The molecule has 1 fully saturated rings. The molecule has 0 radical (unpaired) electrons. The lowest BCUT2D eigenvalue weighted by molar-refractivity contribution is -0.146. The highest BCUT2D eigenvalue weighted by Crippen LogP contribution is 2.21. The molecule has 0 aromatic heterocycles. The van der Waals surface area contributed by atoms with Crippen molar-refractivity contribution < 1.29 is 18.7 Å². The van der Waals surface area contributed by atoms with Gasteiger partial charge in [-0.1, -0.05) is 12.1 Å². The second-order valence-electron chi connectivity index (χ2n) is 5.41. The van der Waals surface area contributed by atoms with E-state index in [-0.39, 0.29) is 11.7 Å². The van der Waals surface area contributed by atoms with Gasteiger partial charge in [0.25, 0.3) is 0 Å². The third-order valence-electron chi connectivity index (χ3n) is 3.58. The van der Waals surface area contributed by atoms with Gasteiger partial charge in [0, 0.05) is 19.4 Å². The normalized spacial score (nSPS) is 16.9. The molecule has 1 aliphatic heterocycles. The van der Waals surface area contributed by atoms with Crippen LogP contribution in [-0.2, 0) is 20.7 Å². The van der Waals surface area contributed by atoms with Crippen LogP contribution in [0.5, 0.6) is 0 Å². The number of carbonyl (C=O) groups excluding carboxylic acids is 1. The van der Waals surface area contributed by atoms with Crippen LogP contribution < -0.4 is 5.32 Å². The van der Waals surface area contributed by atoms with Gasteiger partial charge in [0.1, 0.15) is 5.82 Å². The molecule has 1 aromatic carbocycles. The van der Waals surface area contributed by atoms with E-state index in [4.69, 9.17) is 9.47 Å². The molecule has 0 atom stereocenters. The van der Waals surface area contributed by atoms with Gasteiger partial charge in [-0.25, -0.2) is 4.39 Å². The first-order valence-corrected chi connectivity index (χ1v) is 7.36. The average Bonchev–Trinajstić information content (AvgIpc) is 2.88. The third kappa shape index (κ3) is 5.44. The summed E-state index contributed by atoms with van der Waals surface area (Å²) in [5.41, 5.74) is 1.05. The number of benzene rings is 1. The van der Waals surface area contributed by atoms with Crippen molar-refractivity contribution in [3.05, 3.63) is 35.6 Å². The molecule has 4 nitrogen and oxygen atoms in total. The number of ether oxygens (including phenoxy) is 2. The van der Waals surface area contributed by atoms with Crippen molar-refractivity contribution in [2.24, 2.45) is 0 Å². The Balaban J connectivity index is 1.58. The minimum Gasteiger partial charge on any atom is -0.356 e. The first-order chi connectivity index (χ1) is 10.1. The van der Waals surface area contributed by atoms with Crippen LogP contribution in [0.4, 0.5) is 4.39 Å². The summed E-state index contributed by atoms with van der Waals surface area (Å²) in [5, 5.41) is 2.87. The highest BCUT2D eigenvalue weighted by molar-refractivity contribution is 5.75. The maximum absolute atomic E-state index is 12.8. The lowest BCUT2D eigenvalue weighted by atomic mass is 10.1. The Labute approximate surface area is 124 Å². The van der Waals surface area contributed by atoms with Gasteiger partial charge in [-0.15, -0.1) is 0 Å². The van der Waals surface area contributed by atoms with Crippen LogP contribution in [-0.4, -0.2) is 31.5 Å². The maximum atomic E-state index is 12.8. The number of amides is 1. The van der Waals surface area contributed by atoms with Crippen LogP contribution in [0.3, 0.4) is 0 Å². The average molecular weight is 295 g/mol. The molecule has 1 N–H and O–H groups in total. The Morgan fingerprint density at radius 2 is 1.95 bits per heavy atom. The zero-order chi connectivity index (χ0) is 15.1. The molecular formula is C16H22FNO3. The molecule has 1 amide bonds. The number of aryl methyl sites for hydroxylation is 1. The lowest BCUT2D eigenvalue weighted by Gasteiger charge is -2.22. The molecule has 0 bridgehead atoms.